The van der Waals surface area contributed by atoms with E-state index in [0.717, 1.165) is 41.8 Å². The maximum atomic E-state index is 12.7. The zero-order valence-corrected chi connectivity index (χ0v) is 17.7. The molecule has 2 aliphatic rings. The number of carbonyl (C=O) groups is 1. The van der Waals surface area contributed by atoms with Gasteiger partial charge in [-0.2, -0.15) is 0 Å². The number of aryl methyl sites for hydroxylation is 2. The Bertz CT molecular complexity index is 832. The van der Waals surface area contributed by atoms with Crippen LogP contribution < -0.4 is 5.32 Å². The number of anilines is 1. The molecule has 1 aliphatic carbocycles. The minimum atomic E-state index is -0.902. The molecular formula is C22H27NO3S2. The number of rotatable bonds is 5. The summed E-state index contributed by atoms with van der Waals surface area (Å²) in [6.45, 7) is 1.41. The smallest absolute Gasteiger partial charge is 0.265 e. The fraction of sp³-hybridized carbons (Fsp3) is 0.500. The highest BCUT2D eigenvalue weighted by molar-refractivity contribution is 7.84. The molecule has 1 aromatic carbocycles. The van der Waals surface area contributed by atoms with Crippen LogP contribution in [0, 0.1) is 0 Å². The molecule has 0 saturated carbocycles. The molecule has 4 rings (SSSR count). The quantitative estimate of drug-likeness (QED) is 0.718. The molecule has 1 aromatic heterocycles. The first kappa shape index (κ1) is 19.8. The summed E-state index contributed by atoms with van der Waals surface area (Å²) in [5, 5.41) is 3.24. The first-order valence-corrected chi connectivity index (χ1v) is 12.4. The van der Waals surface area contributed by atoms with E-state index in [9.17, 15) is 9.00 Å². The number of hydrogen-bond donors (Lipinski definition) is 1. The van der Waals surface area contributed by atoms with E-state index in [1.54, 1.807) is 11.3 Å². The van der Waals surface area contributed by atoms with Crippen LogP contribution in [0.3, 0.4) is 0 Å². The second-order valence-corrected chi connectivity index (χ2v) is 10.5. The highest BCUT2D eigenvalue weighted by atomic mass is 32.2. The van der Waals surface area contributed by atoms with Gasteiger partial charge in [0.15, 0.2) is 0 Å². The molecule has 0 spiro atoms. The van der Waals surface area contributed by atoms with Crippen molar-refractivity contribution in [3.8, 4) is 0 Å². The maximum Gasteiger partial charge on any atom is 0.265 e. The second-order valence-electron chi connectivity index (χ2n) is 7.61. The molecule has 2 heterocycles. The number of nitrogens with one attached hydrogen (secondary N) is 1. The zero-order chi connectivity index (χ0) is 19.3. The summed E-state index contributed by atoms with van der Waals surface area (Å²) in [7, 11) is -0.902. The van der Waals surface area contributed by atoms with Crippen LogP contribution in [0.4, 0.5) is 5.69 Å². The largest absolute Gasteiger partial charge is 0.381 e. The average molecular weight is 418 g/mol. The molecule has 1 fully saturated rings. The summed E-state index contributed by atoms with van der Waals surface area (Å²) >= 11 is 1.64. The van der Waals surface area contributed by atoms with Crippen molar-refractivity contribution in [3.05, 3.63) is 51.2 Å². The lowest BCUT2D eigenvalue weighted by atomic mass is 10.1. The van der Waals surface area contributed by atoms with Crippen LogP contribution in [0.1, 0.15) is 57.8 Å². The van der Waals surface area contributed by atoms with Crippen LogP contribution in [0.25, 0.3) is 0 Å². The number of amides is 1. The van der Waals surface area contributed by atoms with Gasteiger partial charge in [0.2, 0.25) is 0 Å². The van der Waals surface area contributed by atoms with E-state index < -0.39 is 10.8 Å². The van der Waals surface area contributed by atoms with Gasteiger partial charge >= 0.3 is 0 Å². The number of fused-ring (bicyclic) bond motifs is 1. The number of carbonyl (C=O) groups excluding carboxylic acids is 1. The molecular weight excluding hydrogens is 390 g/mol. The molecule has 1 atom stereocenters. The van der Waals surface area contributed by atoms with Gasteiger partial charge < -0.3 is 10.1 Å². The summed E-state index contributed by atoms with van der Waals surface area (Å²) < 4.78 is 18.0. The van der Waals surface area contributed by atoms with Crippen molar-refractivity contribution < 1.29 is 13.7 Å². The Morgan fingerprint density at radius 2 is 1.96 bits per heavy atom. The molecule has 0 radical (unpaired) electrons. The lowest BCUT2D eigenvalue weighted by molar-refractivity contribution is 0.0991. The second kappa shape index (κ2) is 9.33. The van der Waals surface area contributed by atoms with Crippen LogP contribution in [0.15, 0.2) is 30.3 Å². The van der Waals surface area contributed by atoms with E-state index in [2.05, 4.69) is 11.4 Å². The summed E-state index contributed by atoms with van der Waals surface area (Å²) in [5.41, 5.74) is 3.13. The van der Waals surface area contributed by atoms with E-state index in [4.69, 9.17) is 4.74 Å². The predicted molar refractivity (Wildman–Crippen MR) is 116 cm³/mol. The van der Waals surface area contributed by atoms with E-state index in [1.165, 1.54) is 29.7 Å². The van der Waals surface area contributed by atoms with Gasteiger partial charge in [0.1, 0.15) is 0 Å². The fourth-order valence-electron chi connectivity index (χ4n) is 3.93. The first-order valence-electron chi connectivity index (χ1n) is 10.2. The first-order chi connectivity index (χ1) is 13.7. The minimum absolute atomic E-state index is 0.0409. The molecule has 150 valence electrons. The lowest BCUT2D eigenvalue weighted by Crippen LogP contribution is -2.25. The Hall–Kier alpha value is -1.50. The van der Waals surface area contributed by atoms with Crippen LogP contribution in [-0.4, -0.2) is 28.6 Å². The van der Waals surface area contributed by atoms with Crippen LogP contribution in [0.2, 0.25) is 0 Å². The molecule has 1 aliphatic heterocycles. The topological polar surface area (TPSA) is 55.4 Å². The van der Waals surface area contributed by atoms with Crippen molar-refractivity contribution in [1.29, 1.82) is 0 Å². The van der Waals surface area contributed by atoms with Crippen molar-refractivity contribution in [1.82, 2.24) is 0 Å². The molecule has 1 N–H and O–H groups in total. The van der Waals surface area contributed by atoms with Gasteiger partial charge in [0.25, 0.3) is 5.91 Å². The number of thiophene rings is 1. The molecule has 1 unspecified atom stereocenters. The molecule has 2 aromatic rings. The monoisotopic (exact) mass is 417 g/mol. The van der Waals surface area contributed by atoms with Crippen LogP contribution in [-0.2, 0) is 34.1 Å². The molecule has 1 amide bonds. The van der Waals surface area contributed by atoms with Gasteiger partial charge in [-0.1, -0.05) is 18.6 Å². The molecule has 6 heteroatoms. The number of hydrogen-bond acceptors (Lipinski definition) is 4. The highest BCUT2D eigenvalue weighted by Crippen LogP contribution is 2.29. The Labute approximate surface area is 173 Å². The van der Waals surface area contributed by atoms with Gasteiger partial charge in [0.05, 0.1) is 4.88 Å². The molecule has 0 bridgehead atoms. The summed E-state index contributed by atoms with van der Waals surface area (Å²) in [5.74, 6) is 0.488. The number of ether oxygens (including phenoxy) is 1. The van der Waals surface area contributed by atoms with Crippen LogP contribution in [0.5, 0.6) is 0 Å². The highest BCUT2D eigenvalue weighted by Gasteiger charge is 2.21. The predicted octanol–water partition coefficient (Wildman–Crippen LogP) is 4.70. The van der Waals surface area contributed by atoms with Crippen molar-refractivity contribution in [2.45, 2.75) is 55.9 Å². The summed E-state index contributed by atoms with van der Waals surface area (Å²) in [6, 6.07) is 9.84. The Morgan fingerprint density at radius 1 is 1.14 bits per heavy atom. The van der Waals surface area contributed by atoms with Crippen molar-refractivity contribution in [3.63, 3.8) is 0 Å². The molecule has 4 nitrogen and oxygen atoms in total. The zero-order valence-electron chi connectivity index (χ0n) is 16.1. The van der Waals surface area contributed by atoms with E-state index in [-0.39, 0.29) is 11.2 Å². The maximum absolute atomic E-state index is 12.7. The summed E-state index contributed by atoms with van der Waals surface area (Å²) in [4.78, 5) is 14.9. The van der Waals surface area contributed by atoms with E-state index >= 15 is 0 Å². The standard InChI is InChI=1S/C22H27NO3S2/c24-22(21-14-17-6-2-1-3-8-20(17)27-21)23-18-7-4-5-16(13-18)15-28(25)19-9-11-26-12-10-19/h4-5,7,13-14,19H,1-3,6,8-12,15H2,(H,23,24). The van der Waals surface area contributed by atoms with Crippen molar-refractivity contribution in [2.75, 3.05) is 18.5 Å². The third-order valence-corrected chi connectivity index (χ3v) is 8.57. The SMILES string of the molecule is O=C(Nc1cccc(CS(=O)C2CCOCC2)c1)c1cc2c(s1)CCCCC2. The van der Waals surface area contributed by atoms with Gasteiger partial charge in [0, 0.05) is 45.6 Å². The van der Waals surface area contributed by atoms with Gasteiger partial charge in [-0.05, 0) is 67.9 Å². The van der Waals surface area contributed by atoms with Gasteiger partial charge in [-0.3, -0.25) is 9.00 Å². The van der Waals surface area contributed by atoms with Gasteiger partial charge in [-0.15, -0.1) is 11.3 Å². The molecule has 1 saturated heterocycles. The third kappa shape index (κ3) is 4.91. The Morgan fingerprint density at radius 3 is 2.82 bits per heavy atom. The van der Waals surface area contributed by atoms with E-state index in [0.29, 0.717) is 19.0 Å². The van der Waals surface area contributed by atoms with Crippen molar-refractivity contribution in [2.24, 2.45) is 0 Å². The van der Waals surface area contributed by atoms with Crippen LogP contribution >= 0.6 is 11.3 Å². The van der Waals surface area contributed by atoms with Gasteiger partial charge in [-0.25, -0.2) is 0 Å². The third-order valence-electron chi connectivity index (χ3n) is 5.50. The fourth-order valence-corrected chi connectivity index (χ4v) is 6.54. The Balaban J connectivity index is 1.40. The average Bonchev–Trinajstić information content (AvgIpc) is 3.00. The van der Waals surface area contributed by atoms with Crippen molar-refractivity contribution >= 4 is 33.7 Å². The lowest BCUT2D eigenvalue weighted by Gasteiger charge is -2.21. The Kier molecular flexibility index (Phi) is 6.60. The summed E-state index contributed by atoms with van der Waals surface area (Å²) in [6.07, 6.45) is 7.65. The number of benzene rings is 1. The normalized spacial score (nSPS) is 18.9. The molecule has 28 heavy (non-hydrogen) atoms. The van der Waals surface area contributed by atoms with E-state index in [1.807, 2.05) is 24.3 Å². The minimum Gasteiger partial charge on any atom is -0.381 e.